The molecular weight excluding hydrogens is 454 g/mol. The largest absolute Gasteiger partial charge is 2.00 e. The number of ether oxygens (including phenoxy) is 1. The van der Waals surface area contributed by atoms with E-state index in [1.54, 1.807) is 7.11 Å². The van der Waals surface area contributed by atoms with Crippen LogP contribution in [0.25, 0.3) is 0 Å². The third-order valence-corrected chi connectivity index (χ3v) is 5.49. The third kappa shape index (κ3) is 8.89. The van der Waals surface area contributed by atoms with Gasteiger partial charge in [0.1, 0.15) is 5.75 Å². The fourth-order valence-corrected chi connectivity index (χ4v) is 3.71. The van der Waals surface area contributed by atoms with Crippen LogP contribution in [0.4, 0.5) is 5.69 Å². The second-order valence-electron chi connectivity index (χ2n) is 7.60. The van der Waals surface area contributed by atoms with Gasteiger partial charge >= 0.3 is 17.1 Å². The number of hydrogen-bond acceptors (Lipinski definition) is 4. The molecule has 4 rings (SSSR count). The number of nitrogens with zero attached hydrogens (tertiary/aromatic N) is 2. The molecular formula is C27H31FeN3O2+2. The molecule has 1 aliphatic heterocycles. The van der Waals surface area contributed by atoms with Gasteiger partial charge in [-0.3, -0.25) is 9.69 Å². The van der Waals surface area contributed by atoms with E-state index < -0.39 is 0 Å². The van der Waals surface area contributed by atoms with Crippen molar-refractivity contribution in [1.82, 2.24) is 10.2 Å². The fraction of sp³-hybridized carbons (Fsp3) is 0.296. The van der Waals surface area contributed by atoms with Gasteiger partial charge < -0.3 is 15.0 Å². The van der Waals surface area contributed by atoms with Crippen molar-refractivity contribution in [3.8, 4) is 18.1 Å². The molecule has 0 spiro atoms. The van der Waals surface area contributed by atoms with Crippen molar-refractivity contribution in [1.29, 1.82) is 0 Å². The Labute approximate surface area is 211 Å². The van der Waals surface area contributed by atoms with E-state index in [-0.39, 0.29) is 23.0 Å². The van der Waals surface area contributed by atoms with Gasteiger partial charge in [0, 0.05) is 32.7 Å². The summed E-state index contributed by atoms with van der Waals surface area (Å²) in [6, 6.07) is 8.19. The van der Waals surface area contributed by atoms with Crippen molar-refractivity contribution in [3.63, 3.8) is 0 Å². The summed E-state index contributed by atoms with van der Waals surface area (Å²) >= 11 is 0. The molecule has 0 atom stereocenters. The number of methoxy groups -OCH3 is 1. The van der Waals surface area contributed by atoms with Crippen LogP contribution in [-0.4, -0.2) is 57.2 Å². The minimum atomic E-state index is 0. The first kappa shape index (κ1) is 27.6. The summed E-state index contributed by atoms with van der Waals surface area (Å²) in [5.41, 5.74) is 1.17. The summed E-state index contributed by atoms with van der Waals surface area (Å²) in [4.78, 5) is 16.7. The second-order valence-corrected chi connectivity index (χ2v) is 7.60. The quantitative estimate of drug-likeness (QED) is 0.367. The van der Waals surface area contributed by atoms with Crippen LogP contribution < -0.4 is 15.0 Å². The average molecular weight is 485 g/mol. The van der Waals surface area contributed by atoms with E-state index in [9.17, 15) is 4.79 Å². The van der Waals surface area contributed by atoms with Crippen molar-refractivity contribution < 1.29 is 26.6 Å². The topological polar surface area (TPSA) is 44.8 Å². The summed E-state index contributed by atoms with van der Waals surface area (Å²) in [7, 11) is 1.72. The van der Waals surface area contributed by atoms with Crippen LogP contribution in [0.2, 0.25) is 0 Å². The molecule has 1 N–H and O–H groups in total. The number of anilines is 1. The van der Waals surface area contributed by atoms with Gasteiger partial charge in [0.05, 0.1) is 24.6 Å². The molecule has 0 aromatic heterocycles. The van der Waals surface area contributed by atoms with Gasteiger partial charge in [-0.25, -0.2) is 0 Å². The van der Waals surface area contributed by atoms with Crippen LogP contribution >= 0.6 is 0 Å². The molecule has 172 valence electrons. The normalized spacial score (nSPS) is 19.2. The van der Waals surface area contributed by atoms with Gasteiger partial charge in [-0.1, -0.05) is 18.1 Å². The van der Waals surface area contributed by atoms with Crippen LogP contribution in [0.1, 0.15) is 6.42 Å². The van der Waals surface area contributed by atoms with Gasteiger partial charge in [0.2, 0.25) is 5.91 Å². The summed E-state index contributed by atoms with van der Waals surface area (Å²) in [5.74, 6) is 5.16. The summed E-state index contributed by atoms with van der Waals surface area (Å²) in [5, 5.41) is 2.98. The molecule has 33 heavy (non-hydrogen) atoms. The van der Waals surface area contributed by atoms with E-state index in [0.29, 0.717) is 0 Å². The molecule has 6 heteroatoms. The van der Waals surface area contributed by atoms with Crippen LogP contribution in [0.15, 0.2) is 24.3 Å². The Morgan fingerprint density at radius 3 is 2.27 bits per heavy atom. The number of rotatable bonds is 7. The van der Waals surface area contributed by atoms with Gasteiger partial charge in [0.15, 0.2) is 0 Å². The predicted octanol–water partition coefficient (Wildman–Crippen LogP) is 2.75. The van der Waals surface area contributed by atoms with Crippen LogP contribution in [0.5, 0.6) is 5.75 Å². The van der Waals surface area contributed by atoms with Crippen LogP contribution in [0.3, 0.4) is 0 Å². The molecule has 3 fully saturated rings. The van der Waals surface area contributed by atoms with Crippen LogP contribution in [0, 0.1) is 75.5 Å². The first-order valence-electron chi connectivity index (χ1n) is 11.0. The molecule has 1 aromatic carbocycles. The van der Waals surface area contributed by atoms with Crippen LogP contribution in [-0.2, 0) is 21.9 Å². The maximum atomic E-state index is 11.9. The predicted molar refractivity (Wildman–Crippen MR) is 129 cm³/mol. The molecule has 1 saturated heterocycles. The Morgan fingerprint density at radius 1 is 1.03 bits per heavy atom. The van der Waals surface area contributed by atoms with Gasteiger partial charge in [-0.2, -0.15) is 0 Å². The van der Waals surface area contributed by atoms with Crippen molar-refractivity contribution >= 4 is 11.6 Å². The molecule has 2 aliphatic carbocycles. The van der Waals surface area contributed by atoms with Gasteiger partial charge in [-0.05, 0) is 76.5 Å². The van der Waals surface area contributed by atoms with Gasteiger partial charge in [-0.15, -0.1) is 6.42 Å². The molecule has 1 aromatic rings. The molecule has 0 bridgehead atoms. The van der Waals surface area contributed by atoms with Crippen molar-refractivity contribution in [2.24, 2.45) is 0 Å². The summed E-state index contributed by atoms with van der Waals surface area (Å²) in [6.45, 7) is 5.81. The smallest absolute Gasteiger partial charge is 0.495 e. The zero-order valence-electron chi connectivity index (χ0n) is 19.0. The summed E-state index contributed by atoms with van der Waals surface area (Å²) in [6.07, 6.45) is 21.1. The van der Waals surface area contributed by atoms with Crippen molar-refractivity contribution in [2.45, 2.75) is 6.42 Å². The second kappa shape index (κ2) is 15.3. The minimum absolute atomic E-state index is 0. The molecule has 5 nitrogen and oxygen atoms in total. The minimum Gasteiger partial charge on any atom is -0.495 e. The molecule has 0 unspecified atom stereocenters. The summed E-state index contributed by atoms with van der Waals surface area (Å²) < 4.78 is 5.46. The monoisotopic (exact) mass is 485 g/mol. The van der Waals surface area contributed by atoms with Crippen molar-refractivity contribution in [3.05, 3.63) is 87.5 Å². The zero-order valence-corrected chi connectivity index (χ0v) is 20.1. The Hall–Kier alpha value is -1.67. The standard InChI is InChI=1S/C20H26N3O2.C7H5.Fe/c1-25-19-10-5-4-9-18(19)23-15-13-22(14-16-23)12-6-11-21-20(24)17-7-2-3-8-17;1-2-7-5-3-4-6-7;/h2-5,7-10H,6,11-16H2,1H3,(H,21,24);1,3-6H;/q;;+2. The SMILES string of the molecule is C#C[C]1[CH][CH][CH][CH]1.COc1ccccc1N1CCN(CCCNC(=O)[C]2[CH][CH][CH][CH]2)CC1.[Fe+2]. The average Bonchev–Trinajstić information content (AvgIpc) is 3.57. The fourth-order valence-electron chi connectivity index (χ4n) is 3.71. The molecule has 1 amide bonds. The molecule has 1 heterocycles. The van der Waals surface area contributed by atoms with Gasteiger partial charge in [0.25, 0.3) is 0 Å². The maximum absolute atomic E-state index is 11.9. The molecule has 2 saturated carbocycles. The van der Waals surface area contributed by atoms with E-state index in [1.165, 1.54) is 5.69 Å². The number of carbonyl (C=O) groups is 1. The number of hydrogen-bond donors (Lipinski definition) is 1. The van der Waals surface area contributed by atoms with E-state index >= 15 is 0 Å². The zero-order chi connectivity index (χ0) is 22.6. The maximum Gasteiger partial charge on any atom is 2.00 e. The Kier molecular flexibility index (Phi) is 12.8. The number of amides is 1. The van der Waals surface area contributed by atoms with E-state index in [4.69, 9.17) is 11.2 Å². The van der Waals surface area contributed by atoms with E-state index in [0.717, 1.165) is 63.3 Å². The third-order valence-electron chi connectivity index (χ3n) is 5.49. The number of carbonyl (C=O) groups excluding carboxylic acids is 1. The Balaban J connectivity index is 0.000000413. The molecule has 10 radical (unpaired) electrons. The number of para-hydroxylation sites is 2. The Morgan fingerprint density at radius 2 is 1.67 bits per heavy atom. The number of nitrogens with one attached hydrogen (secondary N) is 1. The number of piperazine rings is 1. The molecule has 3 aliphatic rings. The van der Waals surface area contributed by atoms with E-state index in [1.807, 2.05) is 63.5 Å². The Bertz CT molecular complexity index is 731. The first-order valence-corrected chi connectivity index (χ1v) is 11.0. The number of benzene rings is 1. The number of terminal acetylenes is 1. The first-order chi connectivity index (χ1) is 15.7. The van der Waals surface area contributed by atoms with E-state index in [2.05, 4.69) is 33.2 Å². The van der Waals surface area contributed by atoms with Crippen molar-refractivity contribution in [2.75, 3.05) is 51.3 Å².